The molecule has 20 heavy (non-hydrogen) atoms. The first kappa shape index (κ1) is 15.1. The smallest absolute Gasteiger partial charge is 0.132 e. The maximum absolute atomic E-state index is 5.74. The minimum Gasteiger partial charge on any atom is -0.497 e. The summed E-state index contributed by atoms with van der Waals surface area (Å²) in [5.74, 6) is 1.50. The van der Waals surface area contributed by atoms with E-state index in [2.05, 4.69) is 18.7 Å². The monoisotopic (exact) mass is 295 g/mol. The van der Waals surface area contributed by atoms with E-state index in [9.17, 15) is 0 Å². The van der Waals surface area contributed by atoms with Crippen LogP contribution in [0.5, 0.6) is 11.5 Å². The second-order valence-electron chi connectivity index (χ2n) is 5.03. The Morgan fingerprint density at radius 2 is 1.85 bits per heavy atom. The minimum atomic E-state index is 0.181. The SMILES string of the molecule is COc1ccc(C(=S)N2C[C@H](C)O[C@@H](C)C2)c(OC)c1. The summed E-state index contributed by atoms with van der Waals surface area (Å²) in [5.41, 5.74) is 0.921. The van der Waals surface area contributed by atoms with Gasteiger partial charge in [0.2, 0.25) is 0 Å². The zero-order valence-corrected chi connectivity index (χ0v) is 13.2. The van der Waals surface area contributed by atoms with Crippen molar-refractivity contribution in [2.24, 2.45) is 0 Å². The quantitative estimate of drug-likeness (QED) is 0.800. The molecule has 0 saturated carbocycles. The largest absolute Gasteiger partial charge is 0.497 e. The van der Waals surface area contributed by atoms with Crippen molar-refractivity contribution >= 4 is 17.2 Å². The van der Waals surface area contributed by atoms with E-state index in [-0.39, 0.29) is 12.2 Å². The van der Waals surface area contributed by atoms with Crippen LogP contribution >= 0.6 is 12.2 Å². The molecule has 2 atom stereocenters. The van der Waals surface area contributed by atoms with Crippen LogP contribution in [0.3, 0.4) is 0 Å². The summed E-state index contributed by atoms with van der Waals surface area (Å²) in [5, 5.41) is 0. The molecule has 0 unspecified atom stereocenters. The molecular weight excluding hydrogens is 274 g/mol. The summed E-state index contributed by atoms with van der Waals surface area (Å²) in [6.45, 7) is 5.74. The lowest BCUT2D eigenvalue weighted by molar-refractivity contribution is -0.0472. The van der Waals surface area contributed by atoms with Crippen molar-refractivity contribution in [2.75, 3.05) is 27.3 Å². The zero-order valence-electron chi connectivity index (χ0n) is 12.4. The average molecular weight is 295 g/mol. The number of methoxy groups -OCH3 is 2. The standard InChI is InChI=1S/C15H21NO3S/c1-10-8-16(9-11(2)19-10)15(20)13-6-5-12(17-3)7-14(13)18-4/h5-7,10-11H,8-9H2,1-4H3/t10-,11-/m0/s1. The van der Waals surface area contributed by atoms with E-state index in [0.29, 0.717) is 0 Å². The Hall–Kier alpha value is -1.33. The van der Waals surface area contributed by atoms with Gasteiger partial charge in [0.15, 0.2) is 0 Å². The van der Waals surface area contributed by atoms with Crippen LogP contribution in [0.15, 0.2) is 18.2 Å². The maximum atomic E-state index is 5.74. The topological polar surface area (TPSA) is 30.9 Å². The number of hydrogen-bond donors (Lipinski definition) is 0. The van der Waals surface area contributed by atoms with Crippen LogP contribution in [0.1, 0.15) is 19.4 Å². The molecule has 1 aliphatic rings. The highest BCUT2D eigenvalue weighted by Gasteiger charge is 2.25. The Balaban J connectivity index is 2.24. The number of hydrogen-bond acceptors (Lipinski definition) is 4. The molecule has 5 heteroatoms. The molecule has 0 bridgehead atoms. The summed E-state index contributed by atoms with van der Waals surface area (Å²) < 4.78 is 16.4. The lowest BCUT2D eigenvalue weighted by Gasteiger charge is -2.37. The van der Waals surface area contributed by atoms with E-state index >= 15 is 0 Å². The number of thiocarbonyl (C=S) groups is 1. The zero-order chi connectivity index (χ0) is 14.7. The van der Waals surface area contributed by atoms with E-state index in [1.54, 1.807) is 14.2 Å². The first-order valence-electron chi connectivity index (χ1n) is 6.72. The van der Waals surface area contributed by atoms with Crippen LogP contribution in [-0.2, 0) is 4.74 Å². The van der Waals surface area contributed by atoms with Gasteiger partial charge in [0, 0.05) is 19.2 Å². The van der Waals surface area contributed by atoms with Crippen LogP contribution in [0.4, 0.5) is 0 Å². The molecule has 1 aromatic carbocycles. The van der Waals surface area contributed by atoms with Crippen molar-refractivity contribution in [3.8, 4) is 11.5 Å². The molecular formula is C15H21NO3S. The van der Waals surface area contributed by atoms with Crippen molar-refractivity contribution in [2.45, 2.75) is 26.1 Å². The van der Waals surface area contributed by atoms with E-state index in [4.69, 9.17) is 26.4 Å². The molecule has 2 rings (SSSR count). The van der Waals surface area contributed by atoms with Gasteiger partial charge in [-0.2, -0.15) is 0 Å². The summed E-state index contributed by atoms with van der Waals surface area (Å²) in [6.07, 6.45) is 0.363. The third-order valence-corrected chi connectivity index (χ3v) is 3.82. The predicted octanol–water partition coefficient (Wildman–Crippen LogP) is 2.49. The Bertz CT molecular complexity index is 482. The number of morpholine rings is 1. The minimum absolute atomic E-state index is 0.181. The molecule has 4 nitrogen and oxygen atoms in total. The highest BCUT2D eigenvalue weighted by atomic mass is 32.1. The molecule has 0 N–H and O–H groups in total. The van der Waals surface area contributed by atoms with Gasteiger partial charge in [0.1, 0.15) is 16.5 Å². The van der Waals surface area contributed by atoms with E-state index in [0.717, 1.165) is 35.1 Å². The fourth-order valence-corrected chi connectivity index (χ4v) is 2.81. The molecule has 1 aliphatic heterocycles. The first-order valence-corrected chi connectivity index (χ1v) is 7.12. The van der Waals surface area contributed by atoms with Crippen LogP contribution in [0.25, 0.3) is 0 Å². The summed E-state index contributed by atoms with van der Waals surface area (Å²) >= 11 is 5.63. The molecule has 1 aromatic rings. The third kappa shape index (κ3) is 3.22. The van der Waals surface area contributed by atoms with Crippen molar-refractivity contribution < 1.29 is 14.2 Å². The van der Waals surface area contributed by atoms with Gasteiger partial charge in [-0.05, 0) is 26.0 Å². The van der Waals surface area contributed by atoms with Gasteiger partial charge >= 0.3 is 0 Å². The molecule has 1 fully saturated rings. The number of rotatable bonds is 3. The molecule has 1 heterocycles. The lowest BCUT2D eigenvalue weighted by Crippen LogP contribution is -2.47. The van der Waals surface area contributed by atoms with Gasteiger partial charge < -0.3 is 19.1 Å². The highest BCUT2D eigenvalue weighted by molar-refractivity contribution is 7.80. The van der Waals surface area contributed by atoms with Crippen molar-refractivity contribution in [3.63, 3.8) is 0 Å². The van der Waals surface area contributed by atoms with Crippen molar-refractivity contribution in [1.29, 1.82) is 0 Å². The molecule has 1 saturated heterocycles. The van der Waals surface area contributed by atoms with Gasteiger partial charge in [-0.15, -0.1) is 0 Å². The first-order chi connectivity index (χ1) is 9.55. The predicted molar refractivity (Wildman–Crippen MR) is 82.8 cm³/mol. The molecule has 0 aliphatic carbocycles. The summed E-state index contributed by atoms with van der Waals surface area (Å²) in [7, 11) is 3.28. The van der Waals surface area contributed by atoms with Crippen LogP contribution < -0.4 is 9.47 Å². The molecule has 0 spiro atoms. The third-order valence-electron chi connectivity index (χ3n) is 3.35. The van der Waals surface area contributed by atoms with Crippen LogP contribution in [-0.4, -0.2) is 49.4 Å². The lowest BCUT2D eigenvalue weighted by atomic mass is 10.1. The van der Waals surface area contributed by atoms with Crippen LogP contribution in [0.2, 0.25) is 0 Å². The van der Waals surface area contributed by atoms with Gasteiger partial charge in [0.05, 0.1) is 32.0 Å². The Morgan fingerprint density at radius 3 is 2.40 bits per heavy atom. The van der Waals surface area contributed by atoms with Crippen LogP contribution in [0, 0.1) is 0 Å². The molecule has 0 amide bonds. The van der Waals surface area contributed by atoms with Gasteiger partial charge in [0.25, 0.3) is 0 Å². The Labute approximate surface area is 125 Å². The summed E-state index contributed by atoms with van der Waals surface area (Å²) in [6, 6.07) is 5.71. The van der Waals surface area contributed by atoms with E-state index < -0.39 is 0 Å². The summed E-state index contributed by atoms with van der Waals surface area (Å²) in [4.78, 5) is 2.98. The fourth-order valence-electron chi connectivity index (χ4n) is 2.49. The van der Waals surface area contributed by atoms with Crippen molar-refractivity contribution in [1.82, 2.24) is 4.90 Å². The highest BCUT2D eigenvalue weighted by Crippen LogP contribution is 2.27. The van der Waals surface area contributed by atoms with Crippen molar-refractivity contribution in [3.05, 3.63) is 23.8 Å². The maximum Gasteiger partial charge on any atom is 0.132 e. The van der Waals surface area contributed by atoms with Gasteiger partial charge in [-0.3, -0.25) is 0 Å². The fraction of sp³-hybridized carbons (Fsp3) is 0.533. The average Bonchev–Trinajstić information content (AvgIpc) is 2.44. The number of benzene rings is 1. The molecule has 110 valence electrons. The second-order valence-corrected chi connectivity index (χ2v) is 5.42. The van der Waals surface area contributed by atoms with Gasteiger partial charge in [-0.1, -0.05) is 12.2 Å². The Kier molecular flexibility index (Phi) is 4.83. The Morgan fingerprint density at radius 1 is 1.20 bits per heavy atom. The van der Waals surface area contributed by atoms with Gasteiger partial charge in [-0.25, -0.2) is 0 Å². The molecule has 0 radical (unpaired) electrons. The molecule has 0 aromatic heterocycles. The normalized spacial score (nSPS) is 22.5. The number of ether oxygens (including phenoxy) is 3. The van der Waals surface area contributed by atoms with E-state index in [1.807, 2.05) is 18.2 Å². The second kappa shape index (κ2) is 6.41. The number of nitrogens with zero attached hydrogens (tertiary/aromatic N) is 1. The van der Waals surface area contributed by atoms with E-state index in [1.165, 1.54) is 0 Å².